The van der Waals surface area contributed by atoms with Crippen molar-refractivity contribution in [1.82, 2.24) is 14.0 Å². The van der Waals surface area contributed by atoms with Crippen molar-refractivity contribution >= 4 is 11.4 Å². The maximum atomic E-state index is 12.9. The fraction of sp³-hybridized carbons (Fsp3) is 0.611. The van der Waals surface area contributed by atoms with Crippen molar-refractivity contribution in [1.29, 1.82) is 0 Å². The van der Waals surface area contributed by atoms with E-state index in [1.807, 2.05) is 0 Å². The molecule has 0 unspecified atom stereocenters. The summed E-state index contributed by atoms with van der Waals surface area (Å²) in [7, 11) is 0. The molecule has 2 N–H and O–H groups in total. The number of aliphatic hydroxyl groups excluding tert-OH is 2. The number of fused-ring (bicyclic) bond motifs is 1. The number of hydrogen-bond acceptors (Lipinski definition) is 6. The number of ether oxygens (including phenoxy) is 1. The van der Waals surface area contributed by atoms with Crippen molar-refractivity contribution in [2.45, 2.75) is 63.9 Å². The van der Waals surface area contributed by atoms with Gasteiger partial charge in [0.2, 0.25) is 0 Å². The zero-order valence-corrected chi connectivity index (χ0v) is 14.9. The fourth-order valence-corrected chi connectivity index (χ4v) is 3.32. The molecule has 142 valence electrons. The smallest absolute Gasteiger partial charge is 0.336 e. The van der Waals surface area contributed by atoms with Crippen LogP contribution >= 0.6 is 0 Å². The van der Waals surface area contributed by atoms with Gasteiger partial charge in [0.15, 0.2) is 0 Å². The van der Waals surface area contributed by atoms with Gasteiger partial charge in [0.1, 0.15) is 23.8 Å². The van der Waals surface area contributed by atoms with Crippen LogP contribution in [0.5, 0.6) is 0 Å². The minimum absolute atomic E-state index is 0.0861. The lowest BCUT2D eigenvalue weighted by Gasteiger charge is -2.15. The summed E-state index contributed by atoms with van der Waals surface area (Å²) < 4.78 is 8.35. The third kappa shape index (κ3) is 3.72. The average Bonchev–Trinajstić information content (AvgIpc) is 3.19. The highest BCUT2D eigenvalue weighted by molar-refractivity contribution is 5.80. The molecule has 0 radical (unpaired) electrons. The number of carbonyl (C=O) groups is 1. The monoisotopic (exact) mass is 363 g/mol. The van der Waals surface area contributed by atoms with Gasteiger partial charge in [0, 0.05) is 31.7 Å². The predicted molar refractivity (Wildman–Crippen MR) is 93.9 cm³/mol. The minimum atomic E-state index is -0.824. The molecule has 8 heteroatoms. The Bertz CT molecular complexity index is 828. The number of nitrogens with zero attached hydrogens (tertiary/aromatic N) is 3. The van der Waals surface area contributed by atoms with Crippen LogP contribution in [0.1, 0.15) is 50.9 Å². The molecule has 2 aromatic rings. The molecule has 0 amide bonds. The van der Waals surface area contributed by atoms with Gasteiger partial charge in [0.05, 0.1) is 18.4 Å². The number of unbranched alkanes of at least 4 members (excludes halogenated alkanes) is 2. The number of aromatic nitrogens is 3. The van der Waals surface area contributed by atoms with Gasteiger partial charge >= 0.3 is 5.69 Å². The second-order valence-corrected chi connectivity index (χ2v) is 6.74. The lowest BCUT2D eigenvalue weighted by atomic mass is 10.1. The second-order valence-electron chi connectivity index (χ2n) is 6.74. The fourth-order valence-electron chi connectivity index (χ4n) is 3.32. The van der Waals surface area contributed by atoms with Crippen LogP contribution in [0.15, 0.2) is 23.3 Å². The number of imidazole rings is 1. The van der Waals surface area contributed by atoms with Crippen molar-refractivity contribution < 1.29 is 19.7 Å². The minimum Gasteiger partial charge on any atom is -0.394 e. The predicted octanol–water partition coefficient (Wildman–Crippen LogP) is 0.829. The zero-order valence-electron chi connectivity index (χ0n) is 14.9. The zero-order chi connectivity index (χ0) is 18.7. The highest BCUT2D eigenvalue weighted by Gasteiger charge is 2.35. The Morgan fingerprint density at radius 1 is 1.42 bits per heavy atom. The van der Waals surface area contributed by atoms with E-state index in [4.69, 9.17) is 4.74 Å². The molecular formula is C18H25N3O5. The van der Waals surface area contributed by atoms with Crippen LogP contribution in [0.25, 0.3) is 5.65 Å². The van der Waals surface area contributed by atoms with Crippen LogP contribution in [0.2, 0.25) is 0 Å². The van der Waals surface area contributed by atoms with Gasteiger partial charge in [-0.05, 0) is 12.5 Å². The first-order valence-corrected chi connectivity index (χ1v) is 9.08. The molecule has 3 heterocycles. The van der Waals surface area contributed by atoms with Crippen LogP contribution in [0, 0.1) is 0 Å². The summed E-state index contributed by atoms with van der Waals surface area (Å²) in [4.78, 5) is 29.3. The molecule has 3 atom stereocenters. The highest BCUT2D eigenvalue weighted by Crippen LogP contribution is 2.27. The first kappa shape index (κ1) is 18.8. The molecule has 0 saturated carbocycles. The van der Waals surface area contributed by atoms with E-state index in [1.165, 1.54) is 8.97 Å². The first-order chi connectivity index (χ1) is 12.5. The Kier molecular flexibility index (Phi) is 5.85. The van der Waals surface area contributed by atoms with Crippen LogP contribution in [-0.4, -0.2) is 48.8 Å². The summed E-state index contributed by atoms with van der Waals surface area (Å²) in [5.74, 6) is 0.0861. The van der Waals surface area contributed by atoms with E-state index in [1.54, 1.807) is 18.5 Å². The van der Waals surface area contributed by atoms with Crippen molar-refractivity contribution in [3.05, 3.63) is 34.6 Å². The van der Waals surface area contributed by atoms with Gasteiger partial charge in [-0.2, -0.15) is 0 Å². The van der Waals surface area contributed by atoms with Gasteiger partial charge in [-0.3, -0.25) is 9.36 Å². The molecule has 3 rings (SSSR count). The van der Waals surface area contributed by atoms with Gasteiger partial charge in [-0.25, -0.2) is 14.2 Å². The number of ketones is 1. The molecule has 0 spiro atoms. The molecule has 1 saturated heterocycles. The van der Waals surface area contributed by atoms with Crippen LogP contribution in [0.4, 0.5) is 0 Å². The standard InChI is InChI=1S/C18H25N3O5/c1-2-3-4-5-13(23)8-12-10-19-16-6-7-20(18(25)21(12)16)17-9-14(24)15(11-22)26-17/h6-7,10,14-15,17,22,24H,2-5,8-9,11H2,1H3/t14-,15+,17+/m0/s1. The topological polar surface area (TPSA) is 106 Å². The van der Waals surface area contributed by atoms with Gasteiger partial charge in [-0.1, -0.05) is 19.8 Å². The van der Waals surface area contributed by atoms with Crippen molar-refractivity contribution in [2.75, 3.05) is 6.61 Å². The summed E-state index contributed by atoms with van der Waals surface area (Å²) in [5.41, 5.74) is 0.658. The van der Waals surface area contributed by atoms with E-state index in [-0.39, 0.29) is 30.9 Å². The molecular weight excluding hydrogens is 338 g/mol. The van der Waals surface area contributed by atoms with E-state index in [0.717, 1.165) is 19.3 Å². The Hall–Kier alpha value is -2.03. The van der Waals surface area contributed by atoms with Crippen molar-refractivity contribution in [3.63, 3.8) is 0 Å². The van der Waals surface area contributed by atoms with E-state index >= 15 is 0 Å². The second kappa shape index (κ2) is 8.11. The highest BCUT2D eigenvalue weighted by atomic mass is 16.5. The van der Waals surface area contributed by atoms with Gasteiger partial charge in [0.25, 0.3) is 0 Å². The summed E-state index contributed by atoms with van der Waals surface area (Å²) >= 11 is 0. The number of Topliss-reactive ketones (excluding diaryl/α,β-unsaturated/α-hetero) is 1. The van der Waals surface area contributed by atoms with Crippen LogP contribution in [-0.2, 0) is 16.0 Å². The number of carbonyl (C=O) groups excluding carboxylic acids is 1. The molecule has 1 aliphatic heterocycles. The largest absolute Gasteiger partial charge is 0.394 e. The third-order valence-electron chi connectivity index (χ3n) is 4.79. The normalized spacial score (nSPS) is 23.0. The molecule has 26 heavy (non-hydrogen) atoms. The summed E-state index contributed by atoms with van der Waals surface area (Å²) in [6, 6.07) is 1.68. The van der Waals surface area contributed by atoms with Crippen molar-refractivity contribution in [3.8, 4) is 0 Å². The number of rotatable bonds is 8. The molecule has 0 aliphatic carbocycles. The Labute approximate surface area is 151 Å². The first-order valence-electron chi connectivity index (χ1n) is 9.08. The van der Waals surface area contributed by atoms with Crippen LogP contribution < -0.4 is 5.69 Å². The van der Waals surface area contributed by atoms with E-state index in [0.29, 0.717) is 17.8 Å². The average molecular weight is 363 g/mol. The van der Waals surface area contributed by atoms with Gasteiger partial charge in [-0.15, -0.1) is 0 Å². The summed E-state index contributed by atoms with van der Waals surface area (Å²) in [6.07, 6.45) is 4.73. The SMILES string of the molecule is CCCCCC(=O)Cc1cnc2ccn([C@H]3C[C@H](O)[C@@H](CO)O3)c(=O)n12. The van der Waals surface area contributed by atoms with E-state index in [2.05, 4.69) is 11.9 Å². The maximum absolute atomic E-state index is 12.9. The summed E-state index contributed by atoms with van der Waals surface area (Å²) in [5, 5.41) is 19.1. The quantitative estimate of drug-likeness (QED) is 0.673. The molecule has 0 bridgehead atoms. The molecule has 0 aromatic carbocycles. The van der Waals surface area contributed by atoms with Gasteiger partial charge < -0.3 is 14.9 Å². The van der Waals surface area contributed by atoms with Crippen LogP contribution in [0.3, 0.4) is 0 Å². The Morgan fingerprint density at radius 3 is 2.92 bits per heavy atom. The third-order valence-corrected chi connectivity index (χ3v) is 4.79. The number of aliphatic hydroxyl groups is 2. The van der Waals surface area contributed by atoms with E-state index in [9.17, 15) is 19.8 Å². The Morgan fingerprint density at radius 2 is 2.23 bits per heavy atom. The van der Waals surface area contributed by atoms with E-state index < -0.39 is 18.4 Å². The summed E-state index contributed by atoms with van der Waals surface area (Å²) in [6.45, 7) is 1.78. The molecule has 1 aliphatic rings. The molecule has 1 fully saturated rings. The lowest BCUT2D eigenvalue weighted by Crippen LogP contribution is -2.31. The number of hydrogen-bond donors (Lipinski definition) is 2. The Balaban J connectivity index is 1.84. The maximum Gasteiger partial charge on any atom is 0.336 e. The lowest BCUT2D eigenvalue weighted by molar-refractivity contribution is -0.118. The molecule has 2 aromatic heterocycles. The van der Waals surface area contributed by atoms with Crippen molar-refractivity contribution in [2.24, 2.45) is 0 Å². The molecule has 8 nitrogen and oxygen atoms in total.